The Morgan fingerprint density at radius 1 is 1.25 bits per heavy atom. The van der Waals surface area contributed by atoms with Gasteiger partial charge in [-0.3, -0.25) is 4.79 Å². The van der Waals surface area contributed by atoms with E-state index in [-0.39, 0.29) is 36.4 Å². The quantitative estimate of drug-likeness (QED) is 0.279. The van der Waals surface area contributed by atoms with Gasteiger partial charge >= 0.3 is 6.18 Å². The lowest BCUT2D eigenvalue weighted by atomic mass is 10.0. The molecule has 1 aliphatic heterocycles. The maximum absolute atomic E-state index is 14.7. The van der Waals surface area contributed by atoms with Gasteiger partial charge in [0.25, 0.3) is 5.91 Å². The third-order valence-electron chi connectivity index (χ3n) is 6.92. The average Bonchev–Trinajstić information content (AvgIpc) is 3.63. The SMILES string of the molecule is CC(C)c1cc(C(=O)NCc2nc(-c3cc4c(N[C@@H]5CCN(C)C[C@@H]5F)cccc4n3CC(F)(F)F)no2)co1. The van der Waals surface area contributed by atoms with Gasteiger partial charge in [-0.25, -0.2) is 4.39 Å². The predicted octanol–water partition coefficient (Wildman–Crippen LogP) is 5.35. The molecule has 1 amide bonds. The molecule has 4 heterocycles. The van der Waals surface area contributed by atoms with Crippen LogP contribution in [0.4, 0.5) is 23.2 Å². The van der Waals surface area contributed by atoms with Gasteiger partial charge in [0.1, 0.15) is 24.7 Å². The van der Waals surface area contributed by atoms with Crippen LogP contribution in [0.15, 0.2) is 45.5 Å². The topological polar surface area (TPSA) is 101 Å². The minimum Gasteiger partial charge on any atom is -0.468 e. The third kappa shape index (κ3) is 5.98. The van der Waals surface area contributed by atoms with Crippen molar-refractivity contribution in [3.05, 3.63) is 53.8 Å². The van der Waals surface area contributed by atoms with Crippen LogP contribution in [0.5, 0.6) is 0 Å². The number of piperidine rings is 1. The number of benzene rings is 1. The van der Waals surface area contributed by atoms with E-state index in [1.165, 1.54) is 12.3 Å². The minimum absolute atomic E-state index is 0.0182. The number of nitrogens with zero attached hydrogens (tertiary/aromatic N) is 4. The van der Waals surface area contributed by atoms with Crippen molar-refractivity contribution in [2.24, 2.45) is 0 Å². The maximum atomic E-state index is 14.7. The van der Waals surface area contributed by atoms with Crippen LogP contribution in [-0.4, -0.2) is 64.0 Å². The summed E-state index contributed by atoms with van der Waals surface area (Å²) in [4.78, 5) is 18.6. The van der Waals surface area contributed by atoms with E-state index in [0.717, 1.165) is 4.57 Å². The molecule has 4 aromatic rings. The first-order valence-electron chi connectivity index (χ1n) is 13.0. The highest BCUT2D eigenvalue weighted by Crippen LogP contribution is 2.35. The molecule has 214 valence electrons. The fourth-order valence-corrected chi connectivity index (χ4v) is 4.83. The van der Waals surface area contributed by atoms with Gasteiger partial charge in [-0.2, -0.15) is 18.2 Å². The molecular weight excluding hydrogens is 532 g/mol. The number of fused-ring (bicyclic) bond motifs is 1. The van der Waals surface area contributed by atoms with Crippen LogP contribution in [0, 0.1) is 0 Å². The molecule has 13 heteroatoms. The third-order valence-corrected chi connectivity index (χ3v) is 6.92. The van der Waals surface area contributed by atoms with Crippen LogP contribution in [0.25, 0.3) is 22.4 Å². The van der Waals surface area contributed by atoms with Gasteiger partial charge in [0.15, 0.2) is 0 Å². The molecule has 1 saturated heterocycles. The van der Waals surface area contributed by atoms with Gasteiger partial charge in [0.2, 0.25) is 11.7 Å². The molecule has 0 spiro atoms. The Labute approximate surface area is 227 Å². The Hall–Kier alpha value is -3.87. The van der Waals surface area contributed by atoms with Gasteiger partial charge in [0, 0.05) is 30.1 Å². The van der Waals surface area contributed by atoms with Crippen molar-refractivity contribution < 1.29 is 31.3 Å². The van der Waals surface area contributed by atoms with Crippen LogP contribution in [-0.2, 0) is 13.1 Å². The van der Waals surface area contributed by atoms with Crippen LogP contribution < -0.4 is 10.6 Å². The second kappa shape index (κ2) is 11.0. The summed E-state index contributed by atoms with van der Waals surface area (Å²) in [5, 5.41) is 10.2. The van der Waals surface area contributed by atoms with Crippen LogP contribution in [0.1, 0.15) is 48.2 Å². The highest BCUT2D eigenvalue weighted by atomic mass is 19.4. The smallest absolute Gasteiger partial charge is 0.406 e. The lowest BCUT2D eigenvalue weighted by Gasteiger charge is -2.33. The molecule has 1 fully saturated rings. The number of amides is 1. The molecule has 1 aromatic carbocycles. The number of likely N-dealkylation sites (tertiary alicyclic amines) is 1. The fraction of sp³-hybridized carbons (Fsp3) is 0.444. The summed E-state index contributed by atoms with van der Waals surface area (Å²) in [5.74, 6) is 0.308. The van der Waals surface area contributed by atoms with Crippen molar-refractivity contribution in [2.45, 2.75) is 57.7 Å². The van der Waals surface area contributed by atoms with Crippen molar-refractivity contribution in [3.63, 3.8) is 0 Å². The molecule has 2 atom stereocenters. The van der Waals surface area contributed by atoms with E-state index in [1.807, 2.05) is 25.8 Å². The number of rotatable bonds is 8. The summed E-state index contributed by atoms with van der Waals surface area (Å²) >= 11 is 0. The number of halogens is 4. The lowest BCUT2D eigenvalue weighted by Crippen LogP contribution is -2.46. The number of hydrogen-bond acceptors (Lipinski definition) is 7. The normalized spacial score (nSPS) is 18.5. The second-order valence-corrected chi connectivity index (χ2v) is 10.4. The highest BCUT2D eigenvalue weighted by Gasteiger charge is 2.32. The Kier molecular flexibility index (Phi) is 7.58. The molecule has 40 heavy (non-hydrogen) atoms. The number of alkyl halides is 4. The first kappa shape index (κ1) is 27.7. The van der Waals surface area contributed by atoms with Crippen molar-refractivity contribution in [1.29, 1.82) is 0 Å². The monoisotopic (exact) mass is 562 g/mol. The number of anilines is 1. The van der Waals surface area contributed by atoms with E-state index in [2.05, 4.69) is 20.8 Å². The molecule has 0 unspecified atom stereocenters. The largest absolute Gasteiger partial charge is 0.468 e. The molecule has 5 rings (SSSR count). The van der Waals surface area contributed by atoms with Gasteiger partial charge in [-0.1, -0.05) is 25.1 Å². The van der Waals surface area contributed by atoms with Gasteiger partial charge in [0.05, 0.1) is 29.4 Å². The molecule has 0 saturated carbocycles. The summed E-state index contributed by atoms with van der Waals surface area (Å²) < 4.78 is 67.3. The van der Waals surface area contributed by atoms with E-state index >= 15 is 0 Å². The number of furan rings is 1. The van der Waals surface area contributed by atoms with Gasteiger partial charge in [-0.15, -0.1) is 0 Å². The molecule has 3 aromatic heterocycles. The Bertz CT molecular complexity index is 1490. The number of aromatic nitrogens is 3. The van der Waals surface area contributed by atoms with Crippen molar-refractivity contribution >= 4 is 22.5 Å². The zero-order chi connectivity index (χ0) is 28.6. The van der Waals surface area contributed by atoms with E-state index in [0.29, 0.717) is 40.9 Å². The summed E-state index contributed by atoms with van der Waals surface area (Å²) in [5.41, 5.74) is 1.23. The summed E-state index contributed by atoms with van der Waals surface area (Å²) in [6.07, 6.45) is -3.74. The van der Waals surface area contributed by atoms with Gasteiger partial charge < -0.3 is 29.0 Å². The molecule has 1 aliphatic rings. The van der Waals surface area contributed by atoms with Crippen molar-refractivity contribution in [2.75, 3.05) is 25.5 Å². The van der Waals surface area contributed by atoms with Crippen LogP contribution in [0.2, 0.25) is 0 Å². The number of carbonyl (C=O) groups is 1. The van der Waals surface area contributed by atoms with E-state index in [4.69, 9.17) is 8.94 Å². The van der Waals surface area contributed by atoms with Crippen molar-refractivity contribution in [1.82, 2.24) is 24.9 Å². The zero-order valence-corrected chi connectivity index (χ0v) is 22.3. The molecule has 2 N–H and O–H groups in total. The molecule has 0 aliphatic carbocycles. The van der Waals surface area contributed by atoms with E-state index in [9.17, 15) is 22.4 Å². The first-order valence-corrected chi connectivity index (χ1v) is 13.0. The summed E-state index contributed by atoms with van der Waals surface area (Å²) in [6, 6.07) is 7.61. The maximum Gasteiger partial charge on any atom is 0.406 e. The Balaban J connectivity index is 1.40. The molecule has 9 nitrogen and oxygen atoms in total. The van der Waals surface area contributed by atoms with Crippen LogP contribution in [0.3, 0.4) is 0 Å². The molecule has 0 radical (unpaired) electrons. The molecular formula is C27H30F4N6O3. The first-order chi connectivity index (χ1) is 19.0. The molecule has 0 bridgehead atoms. The van der Waals surface area contributed by atoms with E-state index in [1.54, 1.807) is 24.3 Å². The zero-order valence-electron chi connectivity index (χ0n) is 22.3. The Morgan fingerprint density at radius 3 is 2.75 bits per heavy atom. The predicted molar refractivity (Wildman–Crippen MR) is 140 cm³/mol. The average molecular weight is 563 g/mol. The highest BCUT2D eigenvalue weighted by molar-refractivity contribution is 5.96. The second-order valence-electron chi connectivity index (χ2n) is 10.4. The number of nitrogens with one attached hydrogen (secondary N) is 2. The fourth-order valence-electron chi connectivity index (χ4n) is 4.83. The van der Waals surface area contributed by atoms with Crippen molar-refractivity contribution in [3.8, 4) is 11.5 Å². The number of hydrogen-bond donors (Lipinski definition) is 2. The minimum atomic E-state index is -4.53. The Morgan fingerprint density at radius 2 is 2.05 bits per heavy atom. The van der Waals surface area contributed by atoms with Gasteiger partial charge in [-0.05, 0) is 37.7 Å². The standard InChI is InChI=1S/C27H30F4N6O3/c1-15(2)23-9-16(13-39-23)26(38)32-11-24-34-25(35-40-24)22-10-17-19(33-20-7-8-36(3)12-18(20)28)5-4-6-21(17)37(22)14-27(29,30)31/h4-6,9-10,13,15,18,20,33H,7-8,11-12,14H2,1-3H3,(H,32,38)/t18-,20+/m0/s1. The lowest BCUT2D eigenvalue weighted by molar-refractivity contribution is -0.139. The summed E-state index contributed by atoms with van der Waals surface area (Å²) in [6.45, 7) is 3.43. The van der Waals surface area contributed by atoms with E-state index < -0.39 is 30.8 Å². The number of carbonyl (C=O) groups excluding carboxylic acids is 1. The summed E-state index contributed by atoms with van der Waals surface area (Å²) in [7, 11) is 1.84. The van der Waals surface area contributed by atoms with Crippen LogP contribution >= 0.6 is 0 Å².